The van der Waals surface area contributed by atoms with Crippen molar-refractivity contribution in [2.24, 2.45) is 0 Å². The van der Waals surface area contributed by atoms with E-state index >= 15 is 0 Å². The normalized spacial score (nSPS) is 11.9. The Morgan fingerprint density at radius 2 is 2.21 bits per heavy atom. The highest BCUT2D eigenvalue weighted by Gasteiger charge is 2.22. The van der Waals surface area contributed by atoms with Gasteiger partial charge in [0, 0.05) is 22.4 Å². The van der Waals surface area contributed by atoms with Gasteiger partial charge in [0.1, 0.15) is 17.3 Å². The SMILES string of the molecule is Cc1ccc(CNS(=O)(=O)c2cc(CO)oc2Br)s1. The maximum Gasteiger partial charge on any atom is 0.245 e. The van der Waals surface area contributed by atoms with E-state index in [9.17, 15) is 8.42 Å². The number of rotatable bonds is 5. The van der Waals surface area contributed by atoms with Crippen LogP contribution in [0.1, 0.15) is 15.5 Å². The van der Waals surface area contributed by atoms with E-state index in [1.54, 1.807) is 0 Å². The second-order valence-electron chi connectivity index (χ2n) is 3.85. The Kier molecular flexibility index (Phi) is 4.46. The van der Waals surface area contributed by atoms with Crippen LogP contribution in [-0.2, 0) is 23.2 Å². The maximum absolute atomic E-state index is 12.1. The van der Waals surface area contributed by atoms with Crippen LogP contribution in [0.2, 0.25) is 0 Å². The van der Waals surface area contributed by atoms with E-state index in [-0.39, 0.29) is 28.5 Å². The summed E-state index contributed by atoms with van der Waals surface area (Å²) in [6.45, 7) is 1.84. The highest BCUT2D eigenvalue weighted by molar-refractivity contribution is 9.10. The molecule has 0 aliphatic heterocycles. The third-order valence-electron chi connectivity index (χ3n) is 2.38. The van der Waals surface area contributed by atoms with Crippen LogP contribution in [0.3, 0.4) is 0 Å². The molecular weight excluding hydrogens is 354 g/mol. The third-order valence-corrected chi connectivity index (χ3v) is 5.64. The van der Waals surface area contributed by atoms with Crippen LogP contribution in [0, 0.1) is 6.92 Å². The monoisotopic (exact) mass is 365 g/mol. The molecule has 0 spiro atoms. The molecule has 0 atom stereocenters. The second-order valence-corrected chi connectivity index (χ2v) is 7.67. The van der Waals surface area contributed by atoms with E-state index in [0.29, 0.717) is 0 Å². The lowest BCUT2D eigenvalue weighted by molar-refractivity contribution is 0.245. The summed E-state index contributed by atoms with van der Waals surface area (Å²) in [5.41, 5.74) is 0. The Morgan fingerprint density at radius 3 is 2.74 bits per heavy atom. The van der Waals surface area contributed by atoms with Crippen molar-refractivity contribution < 1.29 is 17.9 Å². The van der Waals surface area contributed by atoms with Crippen LogP contribution in [0.5, 0.6) is 0 Å². The fourth-order valence-electron chi connectivity index (χ4n) is 1.48. The fourth-order valence-corrected chi connectivity index (χ4v) is 4.41. The molecule has 0 amide bonds. The smallest absolute Gasteiger partial charge is 0.245 e. The second kappa shape index (κ2) is 5.76. The Hall–Kier alpha value is -0.670. The van der Waals surface area contributed by atoms with E-state index in [1.807, 2.05) is 19.1 Å². The Bertz CT molecular complexity index is 675. The number of thiophene rings is 1. The van der Waals surface area contributed by atoms with Gasteiger partial charge in [0.15, 0.2) is 4.67 Å². The lowest BCUT2D eigenvalue weighted by Crippen LogP contribution is -2.22. The van der Waals surface area contributed by atoms with Gasteiger partial charge in [0.2, 0.25) is 10.0 Å². The molecule has 5 nitrogen and oxygen atoms in total. The van der Waals surface area contributed by atoms with Gasteiger partial charge in [0.05, 0.1) is 0 Å². The van der Waals surface area contributed by atoms with Crippen LogP contribution in [0.25, 0.3) is 0 Å². The number of halogens is 1. The van der Waals surface area contributed by atoms with Crippen molar-refractivity contribution in [3.63, 3.8) is 0 Å². The number of hydrogen-bond donors (Lipinski definition) is 2. The van der Waals surface area contributed by atoms with Crippen molar-refractivity contribution in [1.82, 2.24) is 4.72 Å². The molecule has 2 aromatic heterocycles. The summed E-state index contributed by atoms with van der Waals surface area (Å²) in [5.74, 6) is 0.194. The van der Waals surface area contributed by atoms with E-state index in [0.717, 1.165) is 9.75 Å². The largest absolute Gasteiger partial charge is 0.450 e. The Morgan fingerprint density at radius 1 is 1.47 bits per heavy atom. The fraction of sp³-hybridized carbons (Fsp3) is 0.273. The average molecular weight is 366 g/mol. The predicted octanol–water partition coefficient (Wildman–Crippen LogP) is 2.38. The van der Waals surface area contributed by atoms with Crippen LogP contribution >= 0.6 is 27.3 Å². The first kappa shape index (κ1) is 14.7. The third kappa shape index (κ3) is 3.46. The van der Waals surface area contributed by atoms with Gasteiger partial charge in [0.25, 0.3) is 0 Å². The molecule has 0 radical (unpaired) electrons. The Labute approximate surface area is 123 Å². The maximum atomic E-state index is 12.1. The first-order valence-corrected chi connectivity index (χ1v) is 8.45. The minimum atomic E-state index is -3.66. The highest BCUT2D eigenvalue weighted by atomic mass is 79.9. The molecule has 2 heterocycles. The zero-order valence-electron chi connectivity index (χ0n) is 10.0. The molecule has 2 N–H and O–H groups in total. The number of aliphatic hydroxyl groups is 1. The summed E-state index contributed by atoms with van der Waals surface area (Å²) in [4.78, 5) is 2.05. The van der Waals surface area contributed by atoms with Crippen molar-refractivity contribution >= 4 is 37.3 Å². The van der Waals surface area contributed by atoms with Gasteiger partial charge in [-0.05, 0) is 35.0 Å². The van der Waals surface area contributed by atoms with Gasteiger partial charge >= 0.3 is 0 Å². The van der Waals surface area contributed by atoms with E-state index in [1.165, 1.54) is 17.4 Å². The summed E-state index contributed by atoms with van der Waals surface area (Å²) in [6.07, 6.45) is 0. The van der Waals surface area contributed by atoms with Crippen LogP contribution < -0.4 is 4.72 Å². The minimum absolute atomic E-state index is 0.00942. The van der Waals surface area contributed by atoms with Gasteiger partial charge in [-0.25, -0.2) is 13.1 Å². The molecule has 0 bridgehead atoms. The molecule has 2 aromatic rings. The molecule has 104 valence electrons. The van der Waals surface area contributed by atoms with Crippen molar-refractivity contribution in [2.75, 3.05) is 0 Å². The Balaban J connectivity index is 2.15. The summed E-state index contributed by atoms with van der Waals surface area (Å²) < 4.78 is 31.8. The minimum Gasteiger partial charge on any atom is -0.450 e. The zero-order valence-corrected chi connectivity index (χ0v) is 13.2. The number of aliphatic hydroxyl groups excluding tert-OH is 1. The van der Waals surface area contributed by atoms with Crippen molar-refractivity contribution in [1.29, 1.82) is 0 Å². The molecule has 0 unspecified atom stereocenters. The first-order valence-electron chi connectivity index (χ1n) is 5.36. The van der Waals surface area contributed by atoms with Gasteiger partial charge < -0.3 is 9.52 Å². The molecule has 2 rings (SSSR count). The average Bonchev–Trinajstić information content (AvgIpc) is 2.93. The predicted molar refractivity (Wildman–Crippen MR) is 75.4 cm³/mol. The number of aryl methyl sites for hydroxylation is 1. The first-order chi connectivity index (χ1) is 8.92. The molecule has 19 heavy (non-hydrogen) atoms. The van der Waals surface area contributed by atoms with Crippen LogP contribution in [0.15, 0.2) is 32.2 Å². The van der Waals surface area contributed by atoms with Crippen molar-refractivity contribution in [3.05, 3.63) is 38.4 Å². The van der Waals surface area contributed by atoms with Crippen LogP contribution in [0.4, 0.5) is 0 Å². The van der Waals surface area contributed by atoms with Crippen molar-refractivity contribution in [2.45, 2.75) is 25.0 Å². The molecule has 0 fully saturated rings. The summed E-state index contributed by atoms with van der Waals surface area (Å²) in [6, 6.07) is 5.12. The molecule has 8 heteroatoms. The van der Waals surface area contributed by atoms with E-state index < -0.39 is 10.0 Å². The summed E-state index contributed by atoms with van der Waals surface area (Å²) in [5, 5.41) is 8.92. The lowest BCUT2D eigenvalue weighted by Gasteiger charge is -2.03. The molecule has 0 saturated heterocycles. The van der Waals surface area contributed by atoms with E-state index in [4.69, 9.17) is 9.52 Å². The van der Waals surface area contributed by atoms with Gasteiger partial charge in [-0.1, -0.05) is 0 Å². The molecule has 0 saturated carbocycles. The molecule has 0 aliphatic rings. The molecule has 0 aliphatic carbocycles. The summed E-state index contributed by atoms with van der Waals surface area (Å²) in [7, 11) is -3.66. The van der Waals surface area contributed by atoms with Gasteiger partial charge in [-0.15, -0.1) is 11.3 Å². The quantitative estimate of drug-likeness (QED) is 0.852. The van der Waals surface area contributed by atoms with Crippen molar-refractivity contribution in [3.8, 4) is 0 Å². The summed E-state index contributed by atoms with van der Waals surface area (Å²) >= 11 is 4.57. The zero-order chi connectivity index (χ0) is 14.0. The van der Waals surface area contributed by atoms with Gasteiger partial charge in [-0.2, -0.15) is 0 Å². The number of nitrogens with one attached hydrogen (secondary N) is 1. The van der Waals surface area contributed by atoms with Crippen LogP contribution in [-0.4, -0.2) is 13.5 Å². The lowest BCUT2D eigenvalue weighted by atomic mass is 10.4. The highest BCUT2D eigenvalue weighted by Crippen LogP contribution is 2.26. The topological polar surface area (TPSA) is 79.5 Å². The number of furan rings is 1. The molecule has 0 aromatic carbocycles. The number of hydrogen-bond acceptors (Lipinski definition) is 5. The molecular formula is C11H12BrNO4S2. The number of sulfonamides is 1. The standard InChI is InChI=1S/C11H12BrNO4S2/c1-7-2-3-9(18-7)5-13-19(15,16)10-4-8(6-14)17-11(10)12/h2-4,13-14H,5-6H2,1H3. The van der Waals surface area contributed by atoms with E-state index in [2.05, 4.69) is 20.7 Å². The van der Waals surface area contributed by atoms with Gasteiger partial charge in [-0.3, -0.25) is 0 Å².